The fraction of sp³-hybridized carbons (Fsp3) is 0.538. The number of nitrogens with one attached hydrogen (secondary N) is 1. The molecule has 0 saturated carbocycles. The Morgan fingerprint density at radius 1 is 1.33 bits per heavy atom. The zero-order valence-corrected chi connectivity index (χ0v) is 9.12. The van der Waals surface area contributed by atoms with Crippen LogP contribution in [-0.2, 0) is 12.8 Å². The second kappa shape index (κ2) is 3.53. The number of rotatable bonds is 1. The molecule has 1 aromatic rings. The fourth-order valence-corrected chi connectivity index (χ4v) is 3.03. The highest BCUT2D eigenvalue weighted by Gasteiger charge is 2.32. The average Bonchev–Trinajstić information content (AvgIpc) is 2.72. The molecule has 2 aliphatic rings. The van der Waals surface area contributed by atoms with Crippen LogP contribution in [0.25, 0.3) is 0 Å². The number of hydrogen-bond donors (Lipinski definition) is 1. The maximum atomic E-state index is 5.43. The van der Waals surface area contributed by atoms with Gasteiger partial charge >= 0.3 is 0 Å². The lowest BCUT2D eigenvalue weighted by Crippen LogP contribution is -2.34. The van der Waals surface area contributed by atoms with Crippen LogP contribution in [0.3, 0.4) is 0 Å². The van der Waals surface area contributed by atoms with Crippen molar-refractivity contribution in [2.45, 2.75) is 25.3 Å². The molecule has 1 saturated heterocycles. The second-order valence-electron chi connectivity index (χ2n) is 4.62. The van der Waals surface area contributed by atoms with E-state index in [2.05, 4.69) is 23.5 Å². The Kier molecular flexibility index (Phi) is 2.17. The smallest absolute Gasteiger partial charge is 0.122 e. The first-order chi connectivity index (χ1) is 7.38. The van der Waals surface area contributed by atoms with E-state index in [4.69, 9.17) is 4.74 Å². The van der Waals surface area contributed by atoms with Crippen LogP contribution in [0, 0.1) is 5.92 Å². The maximum absolute atomic E-state index is 5.43. The number of benzene rings is 1. The molecule has 1 aliphatic carbocycles. The second-order valence-corrected chi connectivity index (χ2v) is 4.62. The van der Waals surface area contributed by atoms with Crippen LogP contribution in [0.15, 0.2) is 18.2 Å². The zero-order chi connectivity index (χ0) is 10.3. The Morgan fingerprint density at radius 2 is 2.27 bits per heavy atom. The van der Waals surface area contributed by atoms with Gasteiger partial charge < -0.3 is 10.1 Å². The van der Waals surface area contributed by atoms with Crippen molar-refractivity contribution in [2.24, 2.45) is 5.92 Å². The monoisotopic (exact) mass is 203 g/mol. The summed E-state index contributed by atoms with van der Waals surface area (Å²) < 4.78 is 5.43. The number of hydrogen-bond acceptors (Lipinski definition) is 2. The molecular weight excluding hydrogens is 186 g/mol. The average molecular weight is 203 g/mol. The predicted octanol–water partition coefficient (Wildman–Crippen LogP) is 1.77. The van der Waals surface area contributed by atoms with Gasteiger partial charge in [0.05, 0.1) is 7.11 Å². The summed E-state index contributed by atoms with van der Waals surface area (Å²) in [4.78, 5) is 0. The SMILES string of the molecule is COc1cccc2c1C[C@@H]1NCC[C@@H]1C2. The molecule has 0 amide bonds. The molecule has 1 heterocycles. The summed E-state index contributed by atoms with van der Waals surface area (Å²) in [5, 5.41) is 3.60. The molecule has 3 rings (SSSR count). The summed E-state index contributed by atoms with van der Waals surface area (Å²) >= 11 is 0. The van der Waals surface area contributed by atoms with Crippen molar-refractivity contribution < 1.29 is 4.74 Å². The van der Waals surface area contributed by atoms with Gasteiger partial charge in [0.2, 0.25) is 0 Å². The molecule has 2 heteroatoms. The lowest BCUT2D eigenvalue weighted by Gasteiger charge is -2.28. The molecular formula is C13H17NO. The van der Waals surface area contributed by atoms with Gasteiger partial charge in [-0.15, -0.1) is 0 Å². The van der Waals surface area contributed by atoms with Crippen LogP contribution in [0.4, 0.5) is 0 Å². The van der Waals surface area contributed by atoms with Gasteiger partial charge in [-0.3, -0.25) is 0 Å². The maximum Gasteiger partial charge on any atom is 0.122 e. The van der Waals surface area contributed by atoms with Crippen LogP contribution in [0.1, 0.15) is 17.5 Å². The summed E-state index contributed by atoms with van der Waals surface area (Å²) in [5.74, 6) is 1.92. The third-order valence-corrected chi connectivity index (χ3v) is 3.85. The molecule has 0 unspecified atom stereocenters. The van der Waals surface area contributed by atoms with Crippen molar-refractivity contribution in [3.8, 4) is 5.75 Å². The minimum absolute atomic E-state index is 0.689. The number of methoxy groups -OCH3 is 1. The Balaban J connectivity index is 1.99. The third kappa shape index (κ3) is 1.44. The molecule has 1 fully saturated rings. The molecule has 80 valence electrons. The molecule has 0 spiro atoms. The van der Waals surface area contributed by atoms with Crippen molar-refractivity contribution in [1.29, 1.82) is 0 Å². The number of fused-ring (bicyclic) bond motifs is 2. The van der Waals surface area contributed by atoms with E-state index in [0.717, 1.165) is 18.1 Å². The van der Waals surface area contributed by atoms with Crippen molar-refractivity contribution in [3.63, 3.8) is 0 Å². The van der Waals surface area contributed by atoms with Gasteiger partial charge in [0.25, 0.3) is 0 Å². The van der Waals surface area contributed by atoms with Gasteiger partial charge in [-0.1, -0.05) is 12.1 Å². The third-order valence-electron chi connectivity index (χ3n) is 3.85. The molecule has 1 aromatic carbocycles. The highest BCUT2D eigenvalue weighted by molar-refractivity contribution is 5.43. The van der Waals surface area contributed by atoms with Crippen LogP contribution < -0.4 is 10.1 Å². The molecule has 2 nitrogen and oxygen atoms in total. The molecule has 0 aromatic heterocycles. The summed E-state index contributed by atoms with van der Waals surface area (Å²) in [6.45, 7) is 1.19. The van der Waals surface area contributed by atoms with E-state index in [-0.39, 0.29) is 0 Å². The molecule has 0 bridgehead atoms. The van der Waals surface area contributed by atoms with Crippen molar-refractivity contribution in [1.82, 2.24) is 5.32 Å². The zero-order valence-electron chi connectivity index (χ0n) is 9.12. The van der Waals surface area contributed by atoms with E-state index in [9.17, 15) is 0 Å². The molecule has 1 aliphatic heterocycles. The van der Waals surface area contributed by atoms with Crippen LogP contribution in [0.2, 0.25) is 0 Å². The fourth-order valence-electron chi connectivity index (χ4n) is 3.03. The summed E-state index contributed by atoms with van der Waals surface area (Å²) in [5.41, 5.74) is 2.93. The number of ether oxygens (including phenoxy) is 1. The van der Waals surface area contributed by atoms with E-state index in [1.54, 1.807) is 7.11 Å². The van der Waals surface area contributed by atoms with E-state index >= 15 is 0 Å². The van der Waals surface area contributed by atoms with E-state index in [0.29, 0.717) is 6.04 Å². The van der Waals surface area contributed by atoms with Gasteiger partial charge in [0, 0.05) is 6.04 Å². The normalized spacial score (nSPS) is 28.3. The van der Waals surface area contributed by atoms with Gasteiger partial charge in [0.15, 0.2) is 0 Å². The van der Waals surface area contributed by atoms with Crippen LogP contribution in [-0.4, -0.2) is 19.7 Å². The first-order valence-electron chi connectivity index (χ1n) is 5.76. The Morgan fingerprint density at radius 3 is 3.13 bits per heavy atom. The standard InChI is InChI=1S/C13H17NO/c1-15-13-4-2-3-9-7-10-5-6-14-12(10)8-11(9)13/h2-4,10,12,14H,5-8H2,1H3/t10-,12+/m1/s1. The lowest BCUT2D eigenvalue weighted by molar-refractivity contribution is 0.381. The minimum Gasteiger partial charge on any atom is -0.496 e. The van der Waals surface area contributed by atoms with Gasteiger partial charge in [-0.25, -0.2) is 0 Å². The van der Waals surface area contributed by atoms with Gasteiger partial charge in [0.1, 0.15) is 5.75 Å². The van der Waals surface area contributed by atoms with E-state index < -0.39 is 0 Å². The summed E-state index contributed by atoms with van der Waals surface area (Å²) in [7, 11) is 1.77. The molecule has 2 atom stereocenters. The Bertz CT molecular complexity index is 375. The van der Waals surface area contributed by atoms with E-state index in [1.807, 2.05) is 0 Å². The molecule has 15 heavy (non-hydrogen) atoms. The van der Waals surface area contributed by atoms with Crippen molar-refractivity contribution in [3.05, 3.63) is 29.3 Å². The largest absolute Gasteiger partial charge is 0.496 e. The van der Waals surface area contributed by atoms with Gasteiger partial charge in [-0.2, -0.15) is 0 Å². The Labute approximate surface area is 90.6 Å². The highest BCUT2D eigenvalue weighted by atomic mass is 16.5. The van der Waals surface area contributed by atoms with Crippen LogP contribution >= 0.6 is 0 Å². The topological polar surface area (TPSA) is 21.3 Å². The van der Waals surface area contributed by atoms with Crippen LogP contribution in [0.5, 0.6) is 5.75 Å². The van der Waals surface area contributed by atoms with Gasteiger partial charge in [-0.05, 0) is 48.9 Å². The van der Waals surface area contributed by atoms with Crippen molar-refractivity contribution >= 4 is 0 Å². The molecule has 1 N–H and O–H groups in total. The lowest BCUT2D eigenvalue weighted by atomic mass is 9.80. The first kappa shape index (κ1) is 9.22. The summed E-state index contributed by atoms with van der Waals surface area (Å²) in [6, 6.07) is 7.13. The predicted molar refractivity (Wildman–Crippen MR) is 60.3 cm³/mol. The quantitative estimate of drug-likeness (QED) is 0.751. The highest BCUT2D eigenvalue weighted by Crippen LogP contribution is 2.35. The van der Waals surface area contributed by atoms with E-state index in [1.165, 1.54) is 30.5 Å². The minimum atomic E-state index is 0.689. The van der Waals surface area contributed by atoms with Crippen molar-refractivity contribution in [2.75, 3.05) is 13.7 Å². The summed E-state index contributed by atoms with van der Waals surface area (Å²) in [6.07, 6.45) is 3.70. The Hall–Kier alpha value is -1.02. The molecule has 0 radical (unpaired) electrons. The first-order valence-corrected chi connectivity index (χ1v) is 5.76.